The first-order chi connectivity index (χ1) is 13.0. The Balaban J connectivity index is 1.68. The molecule has 0 atom stereocenters. The van der Waals surface area contributed by atoms with Crippen LogP contribution in [0, 0.1) is 11.7 Å². The summed E-state index contributed by atoms with van der Waals surface area (Å²) in [5.41, 5.74) is 11.1. The van der Waals surface area contributed by atoms with Gasteiger partial charge >= 0.3 is 5.97 Å². The number of nitrogens with one attached hydrogen (secondary N) is 2. The van der Waals surface area contributed by atoms with Crippen molar-refractivity contribution in [2.75, 3.05) is 29.1 Å². The number of hydrazine groups is 1. The van der Waals surface area contributed by atoms with Crippen molar-refractivity contribution in [1.82, 2.24) is 15.4 Å². The van der Waals surface area contributed by atoms with E-state index in [9.17, 15) is 14.0 Å². The third-order valence-corrected chi connectivity index (χ3v) is 4.42. The molecule has 2 heterocycles. The van der Waals surface area contributed by atoms with Gasteiger partial charge < -0.3 is 15.7 Å². The van der Waals surface area contributed by atoms with Crippen LogP contribution >= 0.6 is 0 Å². The summed E-state index contributed by atoms with van der Waals surface area (Å²) in [6.45, 7) is 0.998. The molecule has 0 unspecified atom stereocenters. The minimum absolute atomic E-state index is 0.117. The number of carboxylic acids is 1. The van der Waals surface area contributed by atoms with E-state index < -0.39 is 17.7 Å². The summed E-state index contributed by atoms with van der Waals surface area (Å²) in [6, 6.07) is 5.58. The van der Waals surface area contributed by atoms with E-state index in [0.717, 1.165) is 0 Å². The normalized spacial score (nSPS) is 14.6. The lowest BCUT2D eigenvalue weighted by Gasteiger charge is -2.31. The average molecular weight is 374 g/mol. The maximum absolute atomic E-state index is 13.7. The zero-order valence-electron chi connectivity index (χ0n) is 14.4. The molecule has 0 spiro atoms. The predicted molar refractivity (Wildman–Crippen MR) is 96.5 cm³/mol. The Kier molecular flexibility index (Phi) is 5.34. The third kappa shape index (κ3) is 4.05. The third-order valence-electron chi connectivity index (χ3n) is 4.42. The van der Waals surface area contributed by atoms with Gasteiger partial charge in [0.2, 0.25) is 0 Å². The number of amides is 1. The molecule has 3 rings (SSSR count). The molecule has 27 heavy (non-hydrogen) atoms. The van der Waals surface area contributed by atoms with Crippen LogP contribution in [0.15, 0.2) is 30.6 Å². The van der Waals surface area contributed by atoms with E-state index in [-0.39, 0.29) is 23.0 Å². The molecule has 9 nitrogen and oxygen atoms in total. The molecule has 1 saturated heterocycles. The van der Waals surface area contributed by atoms with E-state index in [4.69, 9.17) is 10.8 Å². The number of nitrogens with zero attached hydrogens (tertiary/aromatic N) is 3. The monoisotopic (exact) mass is 374 g/mol. The summed E-state index contributed by atoms with van der Waals surface area (Å²) in [4.78, 5) is 33.2. The number of rotatable bonds is 5. The highest BCUT2D eigenvalue weighted by atomic mass is 19.1. The minimum atomic E-state index is -0.802. The molecule has 1 amide bonds. The Morgan fingerprint density at radius 1 is 1.22 bits per heavy atom. The largest absolute Gasteiger partial charge is 0.481 e. The van der Waals surface area contributed by atoms with E-state index in [0.29, 0.717) is 31.7 Å². The maximum atomic E-state index is 13.7. The fraction of sp³-hybridized carbons (Fsp3) is 0.294. The quantitative estimate of drug-likeness (QED) is 0.575. The molecule has 10 heteroatoms. The molecule has 5 N–H and O–H groups in total. The van der Waals surface area contributed by atoms with Gasteiger partial charge in [0.1, 0.15) is 17.8 Å². The van der Waals surface area contributed by atoms with Crippen LogP contribution in [-0.2, 0) is 4.79 Å². The second-order valence-electron chi connectivity index (χ2n) is 6.12. The van der Waals surface area contributed by atoms with Gasteiger partial charge in [0.05, 0.1) is 11.5 Å². The van der Waals surface area contributed by atoms with Gasteiger partial charge in [0.15, 0.2) is 11.6 Å². The van der Waals surface area contributed by atoms with E-state index in [1.807, 2.05) is 4.90 Å². The molecule has 0 bridgehead atoms. The molecule has 2 aromatic rings. The average Bonchev–Trinajstić information content (AvgIpc) is 2.67. The highest BCUT2D eigenvalue weighted by Crippen LogP contribution is 2.29. The summed E-state index contributed by atoms with van der Waals surface area (Å²) in [6.07, 6.45) is 2.27. The number of piperidine rings is 1. The maximum Gasteiger partial charge on any atom is 0.306 e. The zero-order valence-corrected chi connectivity index (χ0v) is 14.4. The van der Waals surface area contributed by atoms with Gasteiger partial charge in [-0.1, -0.05) is 12.1 Å². The number of aromatic nitrogens is 2. The van der Waals surface area contributed by atoms with Gasteiger partial charge in [0.25, 0.3) is 5.91 Å². The number of nitrogen functional groups attached to an aromatic ring is 1. The fourth-order valence-corrected chi connectivity index (χ4v) is 2.90. The molecule has 0 radical (unpaired) electrons. The first kappa shape index (κ1) is 18.4. The molecule has 1 fully saturated rings. The Hall–Kier alpha value is -3.43. The molecule has 1 aromatic heterocycles. The van der Waals surface area contributed by atoms with Crippen LogP contribution in [0.3, 0.4) is 0 Å². The second-order valence-corrected chi connectivity index (χ2v) is 6.12. The number of halogens is 1. The van der Waals surface area contributed by atoms with Crippen molar-refractivity contribution in [2.24, 2.45) is 5.92 Å². The van der Waals surface area contributed by atoms with E-state index >= 15 is 0 Å². The van der Waals surface area contributed by atoms with Gasteiger partial charge in [0, 0.05) is 13.1 Å². The topological polar surface area (TPSA) is 133 Å². The number of benzene rings is 1. The lowest BCUT2D eigenvalue weighted by Crippen LogP contribution is -2.37. The van der Waals surface area contributed by atoms with Crippen molar-refractivity contribution in [3.63, 3.8) is 0 Å². The standard InChI is InChI=1S/C17H19FN6O3/c18-12-4-2-1-3-11(12)16(25)23-22-14-13(19)15(21-9-20-14)24-7-5-10(6-8-24)17(26)27/h1-4,9-10H,5-8,19H2,(H,23,25)(H,26,27)(H,20,21,22). The van der Waals surface area contributed by atoms with Gasteiger partial charge in [-0.15, -0.1) is 0 Å². The number of carbonyl (C=O) groups is 2. The molecule has 142 valence electrons. The van der Waals surface area contributed by atoms with Gasteiger partial charge in [-0.2, -0.15) is 0 Å². The number of carbonyl (C=O) groups excluding carboxylic acids is 1. The molecular weight excluding hydrogens is 355 g/mol. The van der Waals surface area contributed by atoms with Crippen LogP contribution in [-0.4, -0.2) is 40.0 Å². The number of carboxylic acid groups (broad SMARTS) is 1. The van der Waals surface area contributed by atoms with Crippen LogP contribution in [0.25, 0.3) is 0 Å². The summed E-state index contributed by atoms with van der Waals surface area (Å²) in [7, 11) is 0. The summed E-state index contributed by atoms with van der Waals surface area (Å²) in [5.74, 6) is -1.86. The van der Waals surface area contributed by atoms with Crippen molar-refractivity contribution in [1.29, 1.82) is 0 Å². The fourth-order valence-electron chi connectivity index (χ4n) is 2.90. The lowest BCUT2D eigenvalue weighted by molar-refractivity contribution is -0.142. The zero-order chi connectivity index (χ0) is 19.4. The van der Waals surface area contributed by atoms with Crippen LogP contribution in [0.1, 0.15) is 23.2 Å². The van der Waals surface area contributed by atoms with Gasteiger partial charge in [-0.3, -0.25) is 20.4 Å². The van der Waals surface area contributed by atoms with Crippen molar-refractivity contribution >= 4 is 29.2 Å². The SMILES string of the molecule is Nc1c(NNC(=O)c2ccccc2F)ncnc1N1CCC(C(=O)O)CC1. The lowest BCUT2D eigenvalue weighted by atomic mass is 9.97. The Bertz CT molecular complexity index is 854. The molecule has 0 aliphatic carbocycles. The molecular formula is C17H19FN6O3. The van der Waals surface area contributed by atoms with Gasteiger partial charge in [-0.25, -0.2) is 14.4 Å². The molecule has 1 aliphatic rings. The van der Waals surface area contributed by atoms with E-state index in [1.165, 1.54) is 24.5 Å². The van der Waals surface area contributed by atoms with Crippen LogP contribution < -0.4 is 21.5 Å². The molecule has 1 aliphatic heterocycles. The summed E-state index contributed by atoms with van der Waals surface area (Å²) >= 11 is 0. The van der Waals surface area contributed by atoms with Crippen molar-refractivity contribution in [2.45, 2.75) is 12.8 Å². The number of nitrogens with two attached hydrogens (primary N) is 1. The Morgan fingerprint density at radius 2 is 1.93 bits per heavy atom. The summed E-state index contributed by atoms with van der Waals surface area (Å²) in [5, 5.41) is 9.08. The first-order valence-electron chi connectivity index (χ1n) is 8.36. The Morgan fingerprint density at radius 3 is 2.59 bits per heavy atom. The number of aliphatic carboxylic acids is 1. The highest BCUT2D eigenvalue weighted by molar-refractivity contribution is 5.95. The molecule has 1 aromatic carbocycles. The predicted octanol–water partition coefficient (Wildman–Crippen LogP) is 1.26. The second kappa shape index (κ2) is 7.85. The Labute approximate surface area is 154 Å². The van der Waals surface area contributed by atoms with Crippen LogP contribution in [0.5, 0.6) is 0 Å². The first-order valence-corrected chi connectivity index (χ1v) is 8.36. The molecule has 0 saturated carbocycles. The number of anilines is 3. The van der Waals surface area contributed by atoms with Crippen molar-refractivity contribution < 1.29 is 19.1 Å². The number of hydrogen-bond donors (Lipinski definition) is 4. The minimum Gasteiger partial charge on any atom is -0.481 e. The number of hydrogen-bond acceptors (Lipinski definition) is 7. The van der Waals surface area contributed by atoms with Crippen LogP contribution in [0.4, 0.5) is 21.7 Å². The van der Waals surface area contributed by atoms with E-state index in [1.54, 1.807) is 6.07 Å². The van der Waals surface area contributed by atoms with Gasteiger partial charge in [-0.05, 0) is 25.0 Å². The van der Waals surface area contributed by atoms with Crippen LogP contribution in [0.2, 0.25) is 0 Å². The van der Waals surface area contributed by atoms with E-state index in [2.05, 4.69) is 20.8 Å². The summed E-state index contributed by atoms with van der Waals surface area (Å²) < 4.78 is 13.7. The highest BCUT2D eigenvalue weighted by Gasteiger charge is 2.26. The smallest absolute Gasteiger partial charge is 0.306 e. The van der Waals surface area contributed by atoms with Crippen molar-refractivity contribution in [3.05, 3.63) is 42.0 Å². The van der Waals surface area contributed by atoms with Crippen molar-refractivity contribution in [3.8, 4) is 0 Å².